The molecule has 20 heavy (non-hydrogen) atoms. The molecule has 0 atom stereocenters. The van der Waals surface area contributed by atoms with E-state index in [-0.39, 0.29) is 11.8 Å². The molecular weight excluding hydrogens is 255 g/mol. The van der Waals surface area contributed by atoms with Gasteiger partial charge in [0.05, 0.1) is 28.4 Å². The standard InChI is InChI=1S/C15H11FN4/c1-9-2-4-11(16)13(6-9)20-14-7-10(8-17)3-5-12(14)19-15(20)18/h2-7H,1H3,(H2,18,19). The van der Waals surface area contributed by atoms with Crippen molar-refractivity contribution in [2.24, 2.45) is 0 Å². The smallest absolute Gasteiger partial charge is 0.206 e. The molecule has 0 amide bonds. The number of anilines is 1. The minimum atomic E-state index is -0.385. The molecule has 4 nitrogen and oxygen atoms in total. The van der Waals surface area contributed by atoms with Gasteiger partial charge in [-0.05, 0) is 42.8 Å². The molecule has 0 fully saturated rings. The van der Waals surface area contributed by atoms with E-state index in [1.54, 1.807) is 30.3 Å². The Morgan fingerprint density at radius 1 is 1.25 bits per heavy atom. The number of halogens is 1. The molecule has 2 N–H and O–H groups in total. The average Bonchev–Trinajstić information content (AvgIpc) is 2.76. The van der Waals surface area contributed by atoms with E-state index in [2.05, 4.69) is 11.1 Å². The van der Waals surface area contributed by atoms with Crippen molar-refractivity contribution in [3.63, 3.8) is 0 Å². The van der Waals surface area contributed by atoms with Gasteiger partial charge in [0, 0.05) is 0 Å². The fraction of sp³-hybridized carbons (Fsp3) is 0.0667. The number of aryl methyl sites for hydroxylation is 1. The van der Waals surface area contributed by atoms with E-state index in [1.807, 2.05) is 6.92 Å². The lowest BCUT2D eigenvalue weighted by Crippen LogP contribution is -2.03. The Labute approximate surface area is 114 Å². The molecule has 2 aromatic carbocycles. The average molecular weight is 266 g/mol. The fourth-order valence-corrected chi connectivity index (χ4v) is 2.21. The van der Waals surface area contributed by atoms with Crippen LogP contribution in [0, 0.1) is 24.1 Å². The Kier molecular flexibility index (Phi) is 2.65. The molecule has 3 aromatic rings. The zero-order valence-electron chi connectivity index (χ0n) is 10.8. The van der Waals surface area contributed by atoms with E-state index in [9.17, 15) is 4.39 Å². The highest BCUT2D eigenvalue weighted by atomic mass is 19.1. The van der Waals surface area contributed by atoms with Crippen LogP contribution in [0.15, 0.2) is 36.4 Å². The van der Waals surface area contributed by atoms with Crippen LogP contribution in [0.1, 0.15) is 11.1 Å². The molecule has 5 heteroatoms. The predicted octanol–water partition coefficient (Wildman–Crippen LogP) is 2.93. The topological polar surface area (TPSA) is 67.6 Å². The van der Waals surface area contributed by atoms with E-state index in [4.69, 9.17) is 11.0 Å². The van der Waals surface area contributed by atoms with E-state index in [1.165, 1.54) is 10.6 Å². The van der Waals surface area contributed by atoms with Crippen molar-refractivity contribution >= 4 is 17.0 Å². The second-order valence-corrected chi connectivity index (χ2v) is 4.58. The van der Waals surface area contributed by atoms with E-state index < -0.39 is 0 Å². The quantitative estimate of drug-likeness (QED) is 0.736. The Hall–Kier alpha value is -2.87. The normalized spacial score (nSPS) is 10.7. The van der Waals surface area contributed by atoms with Gasteiger partial charge in [-0.15, -0.1) is 0 Å². The van der Waals surface area contributed by atoms with Crippen LogP contribution in [-0.4, -0.2) is 9.55 Å². The Morgan fingerprint density at radius 2 is 2.05 bits per heavy atom. The molecule has 0 aliphatic rings. The summed E-state index contributed by atoms with van der Waals surface area (Å²) in [6.07, 6.45) is 0. The van der Waals surface area contributed by atoms with Gasteiger partial charge in [0.15, 0.2) is 0 Å². The molecule has 0 bridgehead atoms. The number of benzene rings is 2. The number of nitrogen functional groups attached to an aromatic ring is 1. The Morgan fingerprint density at radius 3 is 2.80 bits per heavy atom. The number of imidazole rings is 1. The first-order chi connectivity index (χ1) is 9.60. The van der Waals surface area contributed by atoms with Gasteiger partial charge in [0.1, 0.15) is 5.82 Å². The van der Waals surface area contributed by atoms with Gasteiger partial charge in [0.25, 0.3) is 0 Å². The van der Waals surface area contributed by atoms with Gasteiger partial charge in [-0.3, -0.25) is 4.57 Å². The van der Waals surface area contributed by atoms with Gasteiger partial charge in [-0.2, -0.15) is 5.26 Å². The number of hydrogen-bond acceptors (Lipinski definition) is 3. The highest BCUT2D eigenvalue weighted by Gasteiger charge is 2.14. The monoisotopic (exact) mass is 266 g/mol. The third-order valence-corrected chi connectivity index (χ3v) is 3.15. The maximum atomic E-state index is 14.1. The summed E-state index contributed by atoms with van der Waals surface area (Å²) >= 11 is 0. The second-order valence-electron chi connectivity index (χ2n) is 4.58. The maximum absolute atomic E-state index is 14.1. The third kappa shape index (κ3) is 1.79. The molecule has 0 radical (unpaired) electrons. The van der Waals surface area contributed by atoms with Crippen LogP contribution in [0.5, 0.6) is 0 Å². The zero-order valence-corrected chi connectivity index (χ0v) is 10.8. The minimum Gasteiger partial charge on any atom is -0.369 e. The summed E-state index contributed by atoms with van der Waals surface area (Å²) < 4.78 is 15.6. The molecule has 0 saturated heterocycles. The first-order valence-electron chi connectivity index (χ1n) is 6.05. The van der Waals surface area contributed by atoms with Crippen LogP contribution >= 0.6 is 0 Å². The number of nitrogens with two attached hydrogens (primary N) is 1. The van der Waals surface area contributed by atoms with Crippen molar-refractivity contribution < 1.29 is 4.39 Å². The first kappa shape index (κ1) is 12.2. The molecule has 0 aliphatic heterocycles. The summed E-state index contributed by atoms with van der Waals surface area (Å²) in [5, 5.41) is 8.98. The van der Waals surface area contributed by atoms with Gasteiger partial charge >= 0.3 is 0 Å². The number of hydrogen-bond donors (Lipinski definition) is 1. The van der Waals surface area contributed by atoms with Crippen LogP contribution in [-0.2, 0) is 0 Å². The fourth-order valence-electron chi connectivity index (χ4n) is 2.21. The predicted molar refractivity (Wildman–Crippen MR) is 74.9 cm³/mol. The largest absolute Gasteiger partial charge is 0.369 e. The molecule has 1 heterocycles. The van der Waals surface area contributed by atoms with Gasteiger partial charge < -0.3 is 5.73 Å². The van der Waals surface area contributed by atoms with E-state index in [0.717, 1.165) is 5.56 Å². The zero-order chi connectivity index (χ0) is 14.3. The highest BCUT2D eigenvalue weighted by Crippen LogP contribution is 2.26. The minimum absolute atomic E-state index is 0.194. The van der Waals surface area contributed by atoms with E-state index >= 15 is 0 Å². The molecule has 0 unspecified atom stereocenters. The van der Waals surface area contributed by atoms with Gasteiger partial charge in [-0.1, -0.05) is 6.07 Å². The Balaban J connectivity index is 2.38. The molecule has 1 aromatic heterocycles. The van der Waals surface area contributed by atoms with Crippen LogP contribution in [0.4, 0.5) is 10.3 Å². The number of aromatic nitrogens is 2. The molecule has 0 aliphatic carbocycles. The summed E-state index contributed by atoms with van der Waals surface area (Å²) in [5.41, 5.74) is 8.87. The molecular formula is C15H11FN4. The third-order valence-electron chi connectivity index (χ3n) is 3.15. The lowest BCUT2D eigenvalue weighted by atomic mass is 10.2. The summed E-state index contributed by atoms with van der Waals surface area (Å²) in [6, 6.07) is 11.9. The molecule has 0 saturated carbocycles. The second kappa shape index (κ2) is 4.35. The van der Waals surface area contributed by atoms with Crippen molar-refractivity contribution in [2.45, 2.75) is 6.92 Å². The van der Waals surface area contributed by atoms with Gasteiger partial charge in [0.2, 0.25) is 5.95 Å². The summed E-state index contributed by atoms with van der Waals surface area (Å²) in [5.74, 6) is -0.191. The van der Waals surface area contributed by atoms with Crippen LogP contribution in [0.2, 0.25) is 0 Å². The molecule has 98 valence electrons. The van der Waals surface area contributed by atoms with Crippen molar-refractivity contribution in [2.75, 3.05) is 5.73 Å². The summed E-state index contributed by atoms with van der Waals surface area (Å²) in [4.78, 5) is 4.20. The Bertz CT molecular complexity index is 858. The van der Waals surface area contributed by atoms with Crippen molar-refractivity contribution in [3.8, 4) is 11.8 Å². The first-order valence-corrected chi connectivity index (χ1v) is 6.05. The highest BCUT2D eigenvalue weighted by molar-refractivity contribution is 5.82. The number of nitriles is 1. The molecule has 3 rings (SSSR count). The van der Waals surface area contributed by atoms with Gasteiger partial charge in [-0.25, -0.2) is 9.37 Å². The summed E-state index contributed by atoms with van der Waals surface area (Å²) in [6.45, 7) is 1.87. The van der Waals surface area contributed by atoms with Crippen LogP contribution in [0.25, 0.3) is 16.7 Å². The van der Waals surface area contributed by atoms with Crippen molar-refractivity contribution in [1.82, 2.24) is 9.55 Å². The van der Waals surface area contributed by atoms with E-state index in [0.29, 0.717) is 22.3 Å². The number of rotatable bonds is 1. The maximum Gasteiger partial charge on any atom is 0.206 e. The lowest BCUT2D eigenvalue weighted by Gasteiger charge is -2.09. The van der Waals surface area contributed by atoms with Crippen molar-refractivity contribution in [1.29, 1.82) is 5.26 Å². The lowest BCUT2D eigenvalue weighted by molar-refractivity contribution is 0.619. The number of nitrogens with zero attached hydrogens (tertiary/aromatic N) is 3. The van der Waals surface area contributed by atoms with Crippen LogP contribution < -0.4 is 5.73 Å². The number of fused-ring (bicyclic) bond motifs is 1. The SMILES string of the molecule is Cc1ccc(F)c(-n2c(N)nc3ccc(C#N)cc32)c1. The van der Waals surface area contributed by atoms with Crippen LogP contribution in [0.3, 0.4) is 0 Å². The summed E-state index contributed by atoms with van der Waals surface area (Å²) in [7, 11) is 0. The van der Waals surface area contributed by atoms with Crippen molar-refractivity contribution in [3.05, 3.63) is 53.3 Å². The molecule has 0 spiro atoms.